The summed E-state index contributed by atoms with van der Waals surface area (Å²) in [7, 11) is 0. The predicted molar refractivity (Wildman–Crippen MR) is 119 cm³/mol. The molecule has 2 amide bonds. The van der Waals surface area contributed by atoms with Crippen molar-refractivity contribution < 1.29 is 34.5 Å². The Kier molecular flexibility index (Phi) is 16.9. The molecular weight excluding hydrogens is 422 g/mol. The molecule has 0 saturated heterocycles. The maximum Gasteiger partial charge on any atom is 0.320 e. The minimum atomic E-state index is -1.03. The van der Waals surface area contributed by atoms with Crippen molar-refractivity contribution in [1.82, 2.24) is 5.32 Å². The zero-order chi connectivity index (χ0) is 25.3. The van der Waals surface area contributed by atoms with Crippen molar-refractivity contribution in [3.63, 3.8) is 0 Å². The van der Waals surface area contributed by atoms with E-state index in [9.17, 15) is 19.2 Å². The van der Waals surface area contributed by atoms with Crippen LogP contribution in [0.4, 0.5) is 4.79 Å². The number of hydrogen-bond donors (Lipinski definition) is 8. The SMILES string of the molecule is CC(C)C(N)C(=O)O.NC(=O)NCCCC(N)C(=O)O.NC(Cc1ccccc1)C(=O)O. The van der Waals surface area contributed by atoms with Gasteiger partial charge in [-0.25, -0.2) is 4.79 Å². The van der Waals surface area contributed by atoms with Gasteiger partial charge < -0.3 is 43.6 Å². The van der Waals surface area contributed by atoms with Gasteiger partial charge in [0.2, 0.25) is 0 Å². The Morgan fingerprint density at radius 2 is 1.38 bits per heavy atom. The fourth-order valence-corrected chi connectivity index (χ4v) is 1.90. The van der Waals surface area contributed by atoms with Crippen molar-refractivity contribution in [2.75, 3.05) is 6.54 Å². The molecule has 3 unspecified atom stereocenters. The summed E-state index contributed by atoms with van der Waals surface area (Å²) in [6, 6.07) is 6.36. The number of nitrogens with two attached hydrogens (primary N) is 4. The highest BCUT2D eigenvalue weighted by atomic mass is 16.4. The third kappa shape index (κ3) is 17.6. The number of rotatable bonds is 10. The van der Waals surface area contributed by atoms with Crippen molar-refractivity contribution in [3.05, 3.63) is 35.9 Å². The first-order valence-electron chi connectivity index (χ1n) is 9.81. The molecule has 1 aromatic rings. The van der Waals surface area contributed by atoms with Gasteiger partial charge in [0.1, 0.15) is 18.1 Å². The number of hydrogen-bond acceptors (Lipinski definition) is 7. The molecule has 0 fully saturated rings. The normalized spacial score (nSPS) is 12.7. The molecule has 12 nitrogen and oxygen atoms in total. The minimum Gasteiger partial charge on any atom is -0.480 e. The number of aliphatic carboxylic acids is 3. The monoisotopic (exact) mass is 457 g/mol. The van der Waals surface area contributed by atoms with Crippen LogP contribution in [0.1, 0.15) is 32.3 Å². The Labute approximate surface area is 186 Å². The van der Waals surface area contributed by atoms with Crippen LogP contribution in [0.25, 0.3) is 0 Å². The number of carbonyl (C=O) groups is 4. The van der Waals surface area contributed by atoms with Crippen molar-refractivity contribution in [3.8, 4) is 0 Å². The molecule has 0 bridgehead atoms. The molecule has 3 atom stereocenters. The Morgan fingerprint density at radius 1 is 0.875 bits per heavy atom. The molecule has 1 aromatic carbocycles. The number of primary amides is 1. The van der Waals surface area contributed by atoms with E-state index in [1.165, 1.54) is 0 Å². The average molecular weight is 458 g/mol. The van der Waals surface area contributed by atoms with Crippen LogP contribution in [0, 0.1) is 5.92 Å². The van der Waals surface area contributed by atoms with E-state index < -0.39 is 42.1 Å². The smallest absolute Gasteiger partial charge is 0.320 e. The Balaban J connectivity index is 0. The molecule has 32 heavy (non-hydrogen) atoms. The highest BCUT2D eigenvalue weighted by Gasteiger charge is 2.14. The van der Waals surface area contributed by atoms with Gasteiger partial charge in [0.05, 0.1) is 0 Å². The molecule has 0 radical (unpaired) electrons. The summed E-state index contributed by atoms with van der Waals surface area (Å²) in [5.41, 5.74) is 21.4. The number of carbonyl (C=O) groups excluding carboxylic acids is 1. The minimum absolute atomic E-state index is 0.0208. The molecule has 12 N–H and O–H groups in total. The highest BCUT2D eigenvalue weighted by Crippen LogP contribution is 2.01. The van der Waals surface area contributed by atoms with Crippen molar-refractivity contribution in [1.29, 1.82) is 0 Å². The number of amides is 2. The summed E-state index contributed by atoms with van der Waals surface area (Å²) in [6.45, 7) is 3.91. The Morgan fingerprint density at radius 3 is 1.72 bits per heavy atom. The number of nitrogens with one attached hydrogen (secondary N) is 1. The maximum absolute atomic E-state index is 10.4. The van der Waals surface area contributed by atoms with E-state index >= 15 is 0 Å². The van der Waals surface area contributed by atoms with Crippen LogP contribution in [-0.2, 0) is 20.8 Å². The van der Waals surface area contributed by atoms with Gasteiger partial charge in [-0.05, 0) is 30.7 Å². The van der Waals surface area contributed by atoms with E-state index in [0.717, 1.165) is 5.56 Å². The van der Waals surface area contributed by atoms with E-state index in [1.807, 2.05) is 30.3 Å². The summed E-state index contributed by atoms with van der Waals surface area (Å²) in [6.07, 6.45) is 1.22. The molecule has 0 aliphatic carbocycles. The first-order valence-corrected chi connectivity index (χ1v) is 9.81. The van der Waals surface area contributed by atoms with Gasteiger partial charge in [0.15, 0.2) is 0 Å². The fourth-order valence-electron chi connectivity index (χ4n) is 1.90. The van der Waals surface area contributed by atoms with Crippen LogP contribution >= 0.6 is 0 Å². The predicted octanol–water partition coefficient (Wildman–Crippen LogP) is -0.458. The van der Waals surface area contributed by atoms with Gasteiger partial charge in [0, 0.05) is 6.54 Å². The van der Waals surface area contributed by atoms with Crippen LogP contribution in [0.15, 0.2) is 30.3 Å². The second-order valence-corrected chi connectivity index (χ2v) is 7.12. The number of carboxylic acids is 3. The van der Waals surface area contributed by atoms with E-state index in [1.54, 1.807) is 13.8 Å². The van der Waals surface area contributed by atoms with Gasteiger partial charge in [0.25, 0.3) is 0 Å². The largest absolute Gasteiger partial charge is 0.480 e. The molecule has 0 heterocycles. The second-order valence-electron chi connectivity index (χ2n) is 7.12. The van der Waals surface area contributed by atoms with Gasteiger partial charge in [-0.3, -0.25) is 14.4 Å². The average Bonchev–Trinajstić information content (AvgIpc) is 2.71. The van der Waals surface area contributed by atoms with E-state index in [2.05, 4.69) is 5.32 Å². The summed E-state index contributed by atoms with van der Waals surface area (Å²) in [5.74, 6) is -2.90. The van der Waals surface area contributed by atoms with Crippen LogP contribution in [0.3, 0.4) is 0 Å². The third-order valence-corrected chi connectivity index (χ3v) is 3.93. The standard InChI is InChI=1S/C9H11NO2.C6H13N3O3.C5H11NO2/c10-8(9(11)12)6-7-4-2-1-3-5-7;7-4(5(10)11)2-1-3-9-6(8)12;1-3(2)4(6)5(7)8/h1-5,8H,6,10H2,(H,11,12);4H,1-3,7H2,(H,10,11)(H3,8,9,12);3-4H,6H2,1-2H3,(H,7,8). The molecule has 182 valence electrons. The summed E-state index contributed by atoms with van der Waals surface area (Å²) >= 11 is 0. The zero-order valence-corrected chi connectivity index (χ0v) is 18.3. The van der Waals surface area contributed by atoms with Gasteiger partial charge >= 0.3 is 23.9 Å². The van der Waals surface area contributed by atoms with Crippen LogP contribution in [0.2, 0.25) is 0 Å². The zero-order valence-electron chi connectivity index (χ0n) is 18.3. The first kappa shape index (κ1) is 31.0. The van der Waals surface area contributed by atoms with Gasteiger partial charge in [-0.1, -0.05) is 44.2 Å². The summed E-state index contributed by atoms with van der Waals surface area (Å²) in [4.78, 5) is 40.7. The second kappa shape index (κ2) is 17.5. The molecule has 12 heteroatoms. The molecular formula is C20H35N5O7. The van der Waals surface area contributed by atoms with Crippen LogP contribution < -0.4 is 28.3 Å². The van der Waals surface area contributed by atoms with Crippen molar-refractivity contribution >= 4 is 23.9 Å². The van der Waals surface area contributed by atoms with Gasteiger partial charge in [-0.2, -0.15) is 0 Å². The highest BCUT2D eigenvalue weighted by molar-refractivity contribution is 5.74. The number of carboxylic acid groups (broad SMARTS) is 3. The number of urea groups is 1. The van der Waals surface area contributed by atoms with E-state index in [0.29, 0.717) is 25.8 Å². The van der Waals surface area contributed by atoms with E-state index in [-0.39, 0.29) is 5.92 Å². The quantitative estimate of drug-likeness (QED) is 0.210. The molecule has 1 rings (SSSR count). The Bertz CT molecular complexity index is 701. The van der Waals surface area contributed by atoms with Crippen molar-refractivity contribution in [2.45, 2.75) is 51.2 Å². The lowest BCUT2D eigenvalue weighted by atomic mass is 10.1. The molecule has 0 aromatic heterocycles. The Hall–Kier alpha value is -3.22. The van der Waals surface area contributed by atoms with Crippen LogP contribution in [-0.4, -0.2) is 63.9 Å². The fraction of sp³-hybridized carbons (Fsp3) is 0.500. The molecule has 0 spiro atoms. The van der Waals surface area contributed by atoms with Crippen molar-refractivity contribution in [2.24, 2.45) is 28.9 Å². The lowest BCUT2D eigenvalue weighted by molar-refractivity contribution is -0.140. The number of benzene rings is 1. The maximum atomic E-state index is 10.4. The topological polar surface area (TPSA) is 245 Å². The molecule has 0 saturated carbocycles. The van der Waals surface area contributed by atoms with E-state index in [4.69, 9.17) is 38.3 Å². The summed E-state index contributed by atoms with van der Waals surface area (Å²) in [5, 5.41) is 27.4. The molecule has 0 aliphatic heterocycles. The van der Waals surface area contributed by atoms with Crippen LogP contribution in [0.5, 0.6) is 0 Å². The first-order chi connectivity index (χ1) is 14.8. The lowest BCUT2D eigenvalue weighted by Gasteiger charge is -2.07. The van der Waals surface area contributed by atoms with Gasteiger partial charge in [-0.15, -0.1) is 0 Å². The third-order valence-electron chi connectivity index (χ3n) is 3.93. The summed E-state index contributed by atoms with van der Waals surface area (Å²) < 4.78 is 0. The lowest BCUT2D eigenvalue weighted by Crippen LogP contribution is -2.34. The molecule has 0 aliphatic rings.